The molecule has 32 heteroatoms. The Morgan fingerprint density at radius 1 is 0.581 bits per heavy atom. The Morgan fingerprint density at radius 2 is 1.02 bits per heavy atom. The van der Waals surface area contributed by atoms with Crippen LogP contribution in [0.25, 0.3) is 0 Å². The molecule has 0 saturated heterocycles. The lowest BCUT2D eigenvalue weighted by Crippen LogP contribution is -2.56. The first kappa shape index (κ1) is 75.8. The monoisotopic (exact) mass is 1260 g/mol. The van der Waals surface area contributed by atoms with Gasteiger partial charge >= 0.3 is 77.0 Å². The van der Waals surface area contributed by atoms with Gasteiger partial charge in [-0.25, -0.2) is 56.9 Å². The fraction of sp³-hybridized carbons (Fsp3) is 0.537. The number of hydrogen-bond donors (Lipinski definition) is 4. The van der Waals surface area contributed by atoms with Crippen LogP contribution in [0.15, 0.2) is 76.6 Å². The first-order chi connectivity index (χ1) is 40.8. The summed E-state index contributed by atoms with van der Waals surface area (Å²) >= 11 is 0. The summed E-state index contributed by atoms with van der Waals surface area (Å²) in [7, 11) is 5.18. The van der Waals surface area contributed by atoms with E-state index in [1.54, 1.807) is 13.8 Å². The second-order valence-corrected chi connectivity index (χ2v) is 20.9. The van der Waals surface area contributed by atoms with Crippen LogP contribution in [-0.4, -0.2) is 187 Å². The van der Waals surface area contributed by atoms with Crippen molar-refractivity contribution in [2.45, 2.75) is 104 Å². The van der Waals surface area contributed by atoms with Crippen molar-refractivity contribution < 1.29 is 106 Å². The summed E-state index contributed by atoms with van der Waals surface area (Å²) < 4.78 is 51.8. The van der Waals surface area contributed by atoms with Crippen molar-refractivity contribution in [1.29, 1.82) is 0 Å². The van der Waals surface area contributed by atoms with Gasteiger partial charge in [-0.1, -0.05) is 54.7 Å². The molecule has 86 heavy (non-hydrogen) atoms. The van der Waals surface area contributed by atoms with Gasteiger partial charge in [0.25, 0.3) is 0 Å². The Balaban J connectivity index is 0.000000861. The predicted octanol–water partition coefficient (Wildman–Crippen LogP) is 1.56. The lowest BCUT2D eigenvalue weighted by atomic mass is 9.90. The van der Waals surface area contributed by atoms with Crippen LogP contribution in [0.4, 0.5) is 9.59 Å². The summed E-state index contributed by atoms with van der Waals surface area (Å²) in [4.78, 5) is 158. The molecule has 1 aromatic carbocycles. The maximum absolute atomic E-state index is 13.2. The van der Waals surface area contributed by atoms with Crippen molar-refractivity contribution in [1.82, 2.24) is 24.3 Å². The zero-order chi connectivity index (χ0) is 64.8. The topological polar surface area (TPSA) is 394 Å². The van der Waals surface area contributed by atoms with E-state index >= 15 is 0 Å². The smallest absolute Gasteiger partial charge is 0.407 e. The zero-order valence-corrected chi connectivity index (χ0v) is 50.3. The van der Waals surface area contributed by atoms with Gasteiger partial charge in [0, 0.05) is 23.7 Å². The number of methoxy groups -OCH3 is 2. The van der Waals surface area contributed by atoms with E-state index in [4.69, 9.17) is 37.9 Å². The zero-order valence-electron chi connectivity index (χ0n) is 48.6. The third-order valence-electron chi connectivity index (χ3n) is 11.0. The number of aliphatic hydroxyl groups excluding tert-OH is 2. The first-order valence-electron chi connectivity index (χ1n) is 26.3. The SMILES string of the molecule is C=CC(=O)OCCNC(=O)OC(COC(=O)CC(C)(C)C(=O)OC)COC(=O)c1ccc(C(=O)OCC(O)CC)cc1.C=CCn1c(=O)n(CC(O)CC)c(=O)n(CC(COC(=O)CCSSCCC(=O)OC)OC(=O)NCCOC(=O)C=C)c1=O. The van der Waals surface area contributed by atoms with Crippen LogP contribution in [0.5, 0.6) is 0 Å². The van der Waals surface area contributed by atoms with Gasteiger partial charge in [0.1, 0.15) is 39.6 Å². The number of aliphatic hydroxyl groups is 2. The lowest BCUT2D eigenvalue weighted by Gasteiger charge is -2.22. The second-order valence-electron chi connectivity index (χ2n) is 18.2. The van der Waals surface area contributed by atoms with Crippen molar-refractivity contribution in [3.8, 4) is 0 Å². The fourth-order valence-corrected chi connectivity index (χ4v) is 8.16. The van der Waals surface area contributed by atoms with Crippen LogP contribution in [0.3, 0.4) is 0 Å². The minimum Gasteiger partial charge on any atom is -0.469 e. The standard InChI is InChI=1S/C28H37NO13.C26H38N4O12S2/c1-6-20(30)15-40-24(33)18-8-10-19(11-9-18)25(34)41-17-21(42-27(36)29-12-13-38-22(31)7-2)16-39-23(32)14-28(3,4)26(35)37-5;1-5-11-28-24(36)29(15-18(31)6-2)26(38)30(25(28)37)16-19(42-23(35)27-10-12-40-20(32)7-3)17-41-22(34)9-14-44-43-13-8-21(33)39-4/h7-11,20-21,30H,2,6,12-17H2,1,3-5H3,(H,29,36);5,7,18-19,31H,1,3,6,8-17H2,2,4H3,(H,27,35). The Labute approximate surface area is 502 Å². The minimum atomic E-state index is -1.37. The average Bonchev–Trinajstić information content (AvgIpc) is 3.69. The number of hydrogen-bond acceptors (Lipinski definition) is 27. The Kier molecular flexibility index (Phi) is 36.8. The van der Waals surface area contributed by atoms with Gasteiger partial charge in [-0.2, -0.15) is 0 Å². The van der Waals surface area contributed by atoms with Crippen LogP contribution in [0, 0.1) is 5.41 Å². The van der Waals surface area contributed by atoms with Crippen LogP contribution in [0.1, 0.15) is 80.5 Å². The van der Waals surface area contributed by atoms with E-state index in [1.165, 1.54) is 80.0 Å². The predicted molar refractivity (Wildman–Crippen MR) is 306 cm³/mol. The molecule has 0 aliphatic rings. The number of nitrogens with zero attached hydrogens (tertiary/aromatic N) is 3. The number of nitrogens with one attached hydrogen (secondary N) is 2. The number of aromatic nitrogens is 3. The third-order valence-corrected chi connectivity index (χ3v) is 13.4. The summed E-state index contributed by atoms with van der Waals surface area (Å²) in [6.45, 7) is 12.7. The molecule has 0 saturated carbocycles. The molecule has 4 atom stereocenters. The number of benzene rings is 1. The van der Waals surface area contributed by atoms with Gasteiger partial charge in [0.2, 0.25) is 0 Å². The van der Waals surface area contributed by atoms with Gasteiger partial charge in [0.15, 0.2) is 12.2 Å². The van der Waals surface area contributed by atoms with E-state index in [2.05, 4.69) is 39.8 Å². The molecule has 0 bridgehead atoms. The second kappa shape index (κ2) is 41.7. The summed E-state index contributed by atoms with van der Waals surface area (Å²) in [5.74, 6) is -4.51. The van der Waals surface area contributed by atoms with E-state index in [0.29, 0.717) is 27.1 Å². The Hall–Kier alpha value is -8.23. The number of carbonyl (C=O) groups is 10. The van der Waals surface area contributed by atoms with Gasteiger partial charge in [-0.3, -0.25) is 19.2 Å². The first-order valence-corrected chi connectivity index (χ1v) is 28.8. The molecule has 0 aliphatic heterocycles. The number of allylic oxidation sites excluding steroid dienone is 1. The third kappa shape index (κ3) is 30.0. The fourth-order valence-electron chi connectivity index (χ4n) is 6.22. The normalized spacial score (nSPS) is 12.0. The molecule has 2 amide bonds. The van der Waals surface area contributed by atoms with Crippen molar-refractivity contribution in [3.63, 3.8) is 0 Å². The van der Waals surface area contributed by atoms with Crippen LogP contribution in [-0.2, 0) is 95.8 Å². The van der Waals surface area contributed by atoms with Crippen molar-refractivity contribution >= 4 is 81.5 Å². The molecule has 1 heterocycles. The Bertz CT molecular complexity index is 2800. The van der Waals surface area contributed by atoms with Crippen LogP contribution >= 0.6 is 21.6 Å². The highest BCUT2D eigenvalue weighted by Crippen LogP contribution is 2.24. The van der Waals surface area contributed by atoms with Gasteiger partial charge in [-0.05, 0) is 51.0 Å². The summed E-state index contributed by atoms with van der Waals surface area (Å²) in [5, 5.41) is 24.3. The molecule has 30 nitrogen and oxygen atoms in total. The maximum Gasteiger partial charge on any atom is 0.407 e. The quantitative estimate of drug-likeness (QED) is 0.0185. The van der Waals surface area contributed by atoms with Gasteiger partial charge < -0.3 is 68.2 Å². The molecule has 0 spiro atoms. The molecule has 4 N–H and O–H groups in total. The molecule has 0 radical (unpaired) electrons. The van der Waals surface area contributed by atoms with Gasteiger partial charge in [-0.15, -0.1) is 6.58 Å². The largest absolute Gasteiger partial charge is 0.469 e. The van der Waals surface area contributed by atoms with E-state index in [0.717, 1.165) is 16.7 Å². The molecule has 2 aromatic rings. The van der Waals surface area contributed by atoms with E-state index in [9.17, 15) is 72.5 Å². The van der Waals surface area contributed by atoms with Crippen molar-refractivity contribution in [2.75, 3.05) is 78.5 Å². The van der Waals surface area contributed by atoms with Crippen molar-refractivity contribution in [3.05, 3.63) is 105 Å². The summed E-state index contributed by atoms with van der Waals surface area (Å²) in [6.07, 6.45) is -2.83. The lowest BCUT2D eigenvalue weighted by molar-refractivity contribution is -0.160. The molecule has 1 aromatic heterocycles. The van der Waals surface area contributed by atoms with Crippen LogP contribution in [0.2, 0.25) is 0 Å². The number of ether oxygens (including phenoxy) is 10. The van der Waals surface area contributed by atoms with E-state index in [1.807, 2.05) is 0 Å². The summed E-state index contributed by atoms with van der Waals surface area (Å²) in [6, 6.07) is 5.31. The van der Waals surface area contributed by atoms with Crippen molar-refractivity contribution in [2.24, 2.45) is 5.41 Å². The molecule has 478 valence electrons. The van der Waals surface area contributed by atoms with E-state index in [-0.39, 0.29) is 82.2 Å². The number of alkyl carbamates (subject to hydrolysis) is 2. The highest BCUT2D eigenvalue weighted by molar-refractivity contribution is 8.76. The molecular formula is C54H75N5O25S2. The van der Waals surface area contributed by atoms with E-state index < -0.39 is 134 Å². The molecule has 0 aliphatic carbocycles. The minimum absolute atomic E-state index is 0.0324. The highest BCUT2D eigenvalue weighted by Gasteiger charge is 2.33. The summed E-state index contributed by atoms with van der Waals surface area (Å²) in [5.41, 5.74) is -4.02. The number of carbonyl (C=O) groups excluding carboxylic acids is 10. The molecular weight excluding hydrogens is 1180 g/mol. The molecule has 2 rings (SSSR count). The number of esters is 8. The molecule has 4 unspecified atom stereocenters. The maximum atomic E-state index is 13.2. The van der Waals surface area contributed by atoms with Crippen LogP contribution < -0.4 is 27.7 Å². The highest BCUT2D eigenvalue weighted by atomic mass is 33.1. The average molecular weight is 1260 g/mol. The molecule has 0 fully saturated rings. The number of amides is 2. The number of rotatable bonds is 38. The van der Waals surface area contributed by atoms with Gasteiger partial charge in [0.05, 0.1) is 95.0 Å². The Morgan fingerprint density at radius 3 is 1.50 bits per heavy atom.